The molecule has 0 aromatic carbocycles. The molecule has 0 heterocycles. The lowest BCUT2D eigenvalue weighted by molar-refractivity contribution is -0.129. The molecule has 0 saturated heterocycles. The zero-order valence-corrected chi connectivity index (χ0v) is 8.96. The number of nitrogens with zero attached hydrogens (tertiary/aromatic N) is 1. The lowest BCUT2D eigenvalue weighted by atomic mass is 10.2. The molecule has 1 N–H and O–H groups in total. The molecule has 0 aliphatic rings. The minimum absolute atomic E-state index is 0.112. The predicted octanol–water partition coefficient (Wildman–Crippen LogP) is 0.642. The summed E-state index contributed by atoms with van der Waals surface area (Å²) in [5, 5.41) is 0. The number of hydrogen-bond donors (Lipinski definition) is 1. The Morgan fingerprint density at radius 1 is 1.46 bits per heavy atom. The van der Waals surface area contributed by atoms with Gasteiger partial charge in [-0.2, -0.15) is 0 Å². The molecule has 78 valence electrons. The number of rotatable bonds is 6. The minimum Gasteiger partial charge on any atom is -0.349 e. The monoisotopic (exact) mass is 188 g/mol. The summed E-state index contributed by atoms with van der Waals surface area (Å²) in [5.41, 5.74) is 2.76. The van der Waals surface area contributed by atoms with Crippen molar-refractivity contribution in [1.29, 1.82) is 0 Å². The van der Waals surface area contributed by atoms with Gasteiger partial charge in [-0.3, -0.25) is 4.79 Å². The van der Waals surface area contributed by atoms with E-state index in [2.05, 4.69) is 19.3 Å². The molecular weight excluding hydrogens is 168 g/mol. The molecule has 0 atom stereocenters. The first-order valence-electron chi connectivity index (χ1n) is 4.59. The Bertz CT molecular complexity index is 147. The molecule has 4 nitrogen and oxygen atoms in total. The number of carbonyl (C=O) groups is 1. The Balaban J connectivity index is 3.21. The molecule has 13 heavy (non-hydrogen) atoms. The van der Waals surface area contributed by atoms with Crippen LogP contribution in [0.5, 0.6) is 0 Å². The van der Waals surface area contributed by atoms with Crippen LogP contribution in [0.1, 0.15) is 20.3 Å². The van der Waals surface area contributed by atoms with E-state index in [4.69, 9.17) is 4.84 Å². The number of hydroxylamine groups is 1. The first-order chi connectivity index (χ1) is 6.04. The van der Waals surface area contributed by atoms with Crippen molar-refractivity contribution >= 4 is 5.91 Å². The molecule has 0 fully saturated rings. The second kappa shape index (κ2) is 6.86. The highest BCUT2D eigenvalue weighted by Crippen LogP contribution is 1.90. The van der Waals surface area contributed by atoms with Gasteiger partial charge in [0.15, 0.2) is 0 Å². The average molecular weight is 188 g/mol. The summed E-state index contributed by atoms with van der Waals surface area (Å²) in [5.74, 6) is 0.623. The van der Waals surface area contributed by atoms with Crippen molar-refractivity contribution in [3.63, 3.8) is 0 Å². The molecule has 1 amide bonds. The van der Waals surface area contributed by atoms with Crippen molar-refractivity contribution < 1.29 is 9.63 Å². The Hall–Kier alpha value is -0.610. The van der Waals surface area contributed by atoms with E-state index in [0.29, 0.717) is 25.5 Å². The summed E-state index contributed by atoms with van der Waals surface area (Å²) < 4.78 is 0. The molecular formula is C9H20N2O2. The maximum Gasteiger partial charge on any atom is 0.223 e. The van der Waals surface area contributed by atoms with Crippen LogP contribution < -0.4 is 5.48 Å². The van der Waals surface area contributed by atoms with Crippen LogP contribution >= 0.6 is 0 Å². The summed E-state index contributed by atoms with van der Waals surface area (Å²) in [7, 11) is 3.49. The SMILES string of the molecule is CC(C)CONCCC(=O)N(C)C. The second-order valence-electron chi connectivity index (χ2n) is 3.64. The van der Waals surface area contributed by atoms with E-state index >= 15 is 0 Å². The highest BCUT2D eigenvalue weighted by molar-refractivity contribution is 5.75. The van der Waals surface area contributed by atoms with Crippen molar-refractivity contribution in [2.45, 2.75) is 20.3 Å². The molecule has 0 rings (SSSR count). The van der Waals surface area contributed by atoms with Crippen molar-refractivity contribution in [3.8, 4) is 0 Å². The van der Waals surface area contributed by atoms with E-state index in [-0.39, 0.29) is 5.91 Å². The van der Waals surface area contributed by atoms with Gasteiger partial charge in [-0.1, -0.05) is 13.8 Å². The molecule has 0 radical (unpaired) electrons. The van der Waals surface area contributed by atoms with Crippen LogP contribution in [-0.2, 0) is 9.63 Å². The van der Waals surface area contributed by atoms with Crippen molar-refractivity contribution in [1.82, 2.24) is 10.4 Å². The third kappa shape index (κ3) is 7.74. The van der Waals surface area contributed by atoms with Crippen LogP contribution in [0.15, 0.2) is 0 Å². The predicted molar refractivity (Wildman–Crippen MR) is 52.1 cm³/mol. The lowest BCUT2D eigenvalue weighted by Gasteiger charge is -2.11. The molecule has 0 bridgehead atoms. The Morgan fingerprint density at radius 2 is 2.08 bits per heavy atom. The van der Waals surface area contributed by atoms with Gasteiger partial charge in [-0.15, -0.1) is 0 Å². The standard InChI is InChI=1S/C9H20N2O2/c1-8(2)7-13-10-6-5-9(12)11(3)4/h8,10H,5-7H2,1-4H3. The Kier molecular flexibility index (Phi) is 6.54. The quantitative estimate of drug-likeness (QED) is 0.491. The van der Waals surface area contributed by atoms with E-state index in [9.17, 15) is 4.79 Å². The van der Waals surface area contributed by atoms with Crippen LogP contribution in [-0.4, -0.2) is 38.1 Å². The van der Waals surface area contributed by atoms with E-state index in [1.807, 2.05) is 0 Å². The van der Waals surface area contributed by atoms with Gasteiger partial charge in [0.1, 0.15) is 0 Å². The van der Waals surface area contributed by atoms with Crippen molar-refractivity contribution in [3.05, 3.63) is 0 Å². The van der Waals surface area contributed by atoms with Gasteiger partial charge < -0.3 is 9.74 Å². The van der Waals surface area contributed by atoms with Crippen molar-refractivity contribution in [2.75, 3.05) is 27.2 Å². The molecule has 0 spiro atoms. The number of carbonyl (C=O) groups excluding carboxylic acids is 1. The topological polar surface area (TPSA) is 41.6 Å². The van der Waals surface area contributed by atoms with E-state index < -0.39 is 0 Å². The molecule has 0 unspecified atom stereocenters. The van der Waals surface area contributed by atoms with Gasteiger partial charge in [0.2, 0.25) is 5.91 Å². The largest absolute Gasteiger partial charge is 0.349 e. The van der Waals surface area contributed by atoms with Gasteiger partial charge in [-0.25, -0.2) is 5.48 Å². The van der Waals surface area contributed by atoms with Gasteiger partial charge in [0.25, 0.3) is 0 Å². The van der Waals surface area contributed by atoms with E-state index in [1.54, 1.807) is 19.0 Å². The fraction of sp³-hybridized carbons (Fsp3) is 0.889. The third-order valence-electron chi connectivity index (χ3n) is 1.46. The van der Waals surface area contributed by atoms with Crippen LogP contribution in [0.25, 0.3) is 0 Å². The van der Waals surface area contributed by atoms with Crippen molar-refractivity contribution in [2.24, 2.45) is 5.92 Å². The highest BCUT2D eigenvalue weighted by atomic mass is 16.6. The highest BCUT2D eigenvalue weighted by Gasteiger charge is 2.02. The number of hydrogen-bond acceptors (Lipinski definition) is 3. The first kappa shape index (κ1) is 12.4. The summed E-state index contributed by atoms with van der Waals surface area (Å²) in [6.45, 7) is 5.40. The maximum atomic E-state index is 11.1. The van der Waals surface area contributed by atoms with E-state index in [0.717, 1.165) is 0 Å². The Morgan fingerprint density at radius 3 is 2.54 bits per heavy atom. The number of nitrogens with one attached hydrogen (secondary N) is 1. The second-order valence-corrected chi connectivity index (χ2v) is 3.64. The van der Waals surface area contributed by atoms with Gasteiger partial charge in [0.05, 0.1) is 6.61 Å². The fourth-order valence-corrected chi connectivity index (χ4v) is 0.679. The van der Waals surface area contributed by atoms with Gasteiger partial charge in [0, 0.05) is 27.1 Å². The first-order valence-corrected chi connectivity index (χ1v) is 4.59. The average Bonchev–Trinajstić information content (AvgIpc) is 2.02. The fourth-order valence-electron chi connectivity index (χ4n) is 0.679. The lowest BCUT2D eigenvalue weighted by Crippen LogP contribution is -2.27. The Labute approximate surface area is 80.2 Å². The molecule has 0 aromatic heterocycles. The van der Waals surface area contributed by atoms with Gasteiger partial charge in [-0.05, 0) is 5.92 Å². The molecule has 0 aromatic rings. The van der Waals surface area contributed by atoms with Crippen LogP contribution in [0.2, 0.25) is 0 Å². The van der Waals surface area contributed by atoms with Crippen LogP contribution in [0.3, 0.4) is 0 Å². The summed E-state index contributed by atoms with van der Waals surface area (Å²) in [6, 6.07) is 0. The van der Waals surface area contributed by atoms with Gasteiger partial charge >= 0.3 is 0 Å². The maximum absolute atomic E-state index is 11.1. The molecule has 0 aliphatic heterocycles. The summed E-state index contributed by atoms with van der Waals surface area (Å²) in [6.07, 6.45) is 0.477. The molecule has 0 saturated carbocycles. The molecule has 0 aliphatic carbocycles. The van der Waals surface area contributed by atoms with Crippen LogP contribution in [0, 0.1) is 5.92 Å². The zero-order chi connectivity index (χ0) is 10.3. The number of amides is 1. The minimum atomic E-state index is 0.112. The zero-order valence-electron chi connectivity index (χ0n) is 8.96. The van der Waals surface area contributed by atoms with Crippen LogP contribution in [0.4, 0.5) is 0 Å². The smallest absolute Gasteiger partial charge is 0.223 e. The third-order valence-corrected chi connectivity index (χ3v) is 1.46. The molecule has 4 heteroatoms. The normalized spacial score (nSPS) is 10.5. The van der Waals surface area contributed by atoms with E-state index in [1.165, 1.54) is 0 Å². The summed E-state index contributed by atoms with van der Waals surface area (Å²) in [4.78, 5) is 17.7. The summed E-state index contributed by atoms with van der Waals surface area (Å²) >= 11 is 0.